The van der Waals surface area contributed by atoms with Gasteiger partial charge in [0, 0.05) is 11.0 Å². The van der Waals surface area contributed by atoms with Crippen LogP contribution in [-0.2, 0) is 5.41 Å². The van der Waals surface area contributed by atoms with Gasteiger partial charge >= 0.3 is 0 Å². The van der Waals surface area contributed by atoms with E-state index in [9.17, 15) is 4.79 Å². The SMILES string of the molecule is CCCC[C@H]1N(N)C(=O)c2cc(C)cc(C)c2C1(C)C. The number of fused-ring (bicyclic) bond motifs is 1. The lowest BCUT2D eigenvalue weighted by molar-refractivity contribution is 0.0511. The normalized spacial score (nSPS) is 21.0. The van der Waals surface area contributed by atoms with E-state index in [1.165, 1.54) is 16.1 Å². The molecule has 0 aliphatic carbocycles. The quantitative estimate of drug-likeness (QED) is 0.677. The number of hydrogen-bond acceptors (Lipinski definition) is 2. The minimum absolute atomic E-state index is 0.0350. The van der Waals surface area contributed by atoms with Gasteiger partial charge in [-0.2, -0.15) is 0 Å². The highest BCUT2D eigenvalue weighted by Crippen LogP contribution is 2.41. The number of aryl methyl sites for hydroxylation is 2. The molecule has 0 radical (unpaired) electrons. The molecule has 0 saturated carbocycles. The van der Waals surface area contributed by atoms with Gasteiger partial charge in [0.15, 0.2) is 0 Å². The van der Waals surface area contributed by atoms with E-state index in [1.54, 1.807) is 0 Å². The van der Waals surface area contributed by atoms with Gasteiger partial charge in [-0.05, 0) is 37.5 Å². The van der Waals surface area contributed by atoms with Crippen molar-refractivity contribution in [2.45, 2.75) is 65.3 Å². The summed E-state index contributed by atoms with van der Waals surface area (Å²) in [6.45, 7) is 10.7. The first-order valence-corrected chi connectivity index (χ1v) is 7.50. The smallest absolute Gasteiger partial charge is 0.268 e. The Morgan fingerprint density at radius 1 is 1.30 bits per heavy atom. The molecule has 2 rings (SSSR count). The first-order valence-electron chi connectivity index (χ1n) is 7.50. The predicted molar refractivity (Wildman–Crippen MR) is 82.6 cm³/mol. The van der Waals surface area contributed by atoms with Crippen LogP contribution in [0.2, 0.25) is 0 Å². The summed E-state index contributed by atoms with van der Waals surface area (Å²) in [5.74, 6) is 6.10. The average molecular weight is 274 g/mol. The molecule has 20 heavy (non-hydrogen) atoms. The summed E-state index contributed by atoms with van der Waals surface area (Å²) in [6.07, 6.45) is 3.17. The Labute approximate surface area is 122 Å². The fraction of sp³-hybridized carbons (Fsp3) is 0.588. The number of carbonyl (C=O) groups excluding carboxylic acids is 1. The number of benzene rings is 1. The van der Waals surface area contributed by atoms with E-state index < -0.39 is 0 Å². The van der Waals surface area contributed by atoms with Gasteiger partial charge in [0.2, 0.25) is 0 Å². The molecular formula is C17H26N2O. The number of hydrazine groups is 1. The monoisotopic (exact) mass is 274 g/mol. The van der Waals surface area contributed by atoms with Crippen LogP contribution < -0.4 is 5.84 Å². The molecule has 0 bridgehead atoms. The van der Waals surface area contributed by atoms with Crippen molar-refractivity contribution < 1.29 is 4.79 Å². The van der Waals surface area contributed by atoms with Gasteiger partial charge in [-0.15, -0.1) is 0 Å². The number of hydrogen-bond donors (Lipinski definition) is 1. The second kappa shape index (κ2) is 5.21. The van der Waals surface area contributed by atoms with Crippen molar-refractivity contribution in [2.24, 2.45) is 5.84 Å². The number of rotatable bonds is 3. The molecular weight excluding hydrogens is 248 g/mol. The summed E-state index contributed by atoms with van der Waals surface area (Å²) in [6, 6.07) is 4.21. The highest BCUT2D eigenvalue weighted by molar-refractivity contribution is 5.98. The van der Waals surface area contributed by atoms with Crippen molar-refractivity contribution in [1.29, 1.82) is 0 Å². The number of unbranched alkanes of at least 4 members (excludes halogenated alkanes) is 1. The van der Waals surface area contributed by atoms with Crippen LogP contribution in [-0.4, -0.2) is 17.0 Å². The molecule has 1 heterocycles. The van der Waals surface area contributed by atoms with E-state index in [1.807, 2.05) is 13.0 Å². The molecule has 0 unspecified atom stereocenters. The zero-order chi connectivity index (χ0) is 15.1. The van der Waals surface area contributed by atoms with E-state index in [4.69, 9.17) is 5.84 Å². The number of amides is 1. The van der Waals surface area contributed by atoms with E-state index in [-0.39, 0.29) is 17.4 Å². The Morgan fingerprint density at radius 3 is 2.55 bits per heavy atom. The molecule has 1 atom stereocenters. The Kier molecular flexibility index (Phi) is 3.92. The molecule has 1 aromatic carbocycles. The highest BCUT2D eigenvalue weighted by Gasteiger charge is 2.44. The Bertz CT molecular complexity index is 534. The summed E-state index contributed by atoms with van der Waals surface area (Å²) >= 11 is 0. The van der Waals surface area contributed by atoms with Crippen molar-refractivity contribution >= 4 is 5.91 Å². The van der Waals surface area contributed by atoms with E-state index in [0.29, 0.717) is 0 Å². The van der Waals surface area contributed by atoms with E-state index in [0.717, 1.165) is 30.4 Å². The van der Waals surface area contributed by atoms with Crippen LogP contribution in [0.1, 0.15) is 67.1 Å². The summed E-state index contributed by atoms with van der Waals surface area (Å²) in [4.78, 5) is 12.6. The van der Waals surface area contributed by atoms with Gasteiger partial charge in [0.25, 0.3) is 5.91 Å². The first kappa shape index (κ1) is 15.0. The largest absolute Gasteiger partial charge is 0.273 e. The van der Waals surface area contributed by atoms with E-state index >= 15 is 0 Å². The second-order valence-corrected chi connectivity index (χ2v) is 6.60. The average Bonchev–Trinajstić information content (AvgIpc) is 2.34. The number of carbonyl (C=O) groups is 1. The molecule has 1 amide bonds. The molecule has 110 valence electrons. The van der Waals surface area contributed by atoms with Crippen molar-refractivity contribution in [3.05, 3.63) is 34.4 Å². The van der Waals surface area contributed by atoms with Crippen LogP contribution in [0.15, 0.2) is 12.1 Å². The van der Waals surface area contributed by atoms with Crippen LogP contribution in [0, 0.1) is 13.8 Å². The molecule has 2 N–H and O–H groups in total. The van der Waals surface area contributed by atoms with Gasteiger partial charge in [-0.3, -0.25) is 9.80 Å². The zero-order valence-electron chi connectivity index (χ0n) is 13.3. The summed E-state index contributed by atoms with van der Waals surface area (Å²) in [5.41, 5.74) is 4.17. The van der Waals surface area contributed by atoms with Crippen LogP contribution in [0.4, 0.5) is 0 Å². The molecule has 3 heteroatoms. The fourth-order valence-corrected chi connectivity index (χ4v) is 3.68. The van der Waals surface area contributed by atoms with Crippen LogP contribution >= 0.6 is 0 Å². The highest BCUT2D eigenvalue weighted by atomic mass is 16.2. The van der Waals surface area contributed by atoms with Crippen molar-refractivity contribution in [2.75, 3.05) is 0 Å². The summed E-state index contributed by atoms with van der Waals surface area (Å²) < 4.78 is 0. The Hall–Kier alpha value is -1.35. The Morgan fingerprint density at radius 2 is 1.95 bits per heavy atom. The zero-order valence-corrected chi connectivity index (χ0v) is 13.3. The minimum Gasteiger partial charge on any atom is -0.273 e. The molecule has 0 aromatic heterocycles. The predicted octanol–water partition coefficient (Wildman–Crippen LogP) is 3.47. The van der Waals surface area contributed by atoms with Crippen LogP contribution in [0.25, 0.3) is 0 Å². The minimum atomic E-state index is -0.106. The van der Waals surface area contributed by atoms with Gasteiger partial charge in [-0.1, -0.05) is 45.2 Å². The molecule has 1 aromatic rings. The second-order valence-electron chi connectivity index (χ2n) is 6.60. The van der Waals surface area contributed by atoms with Crippen molar-refractivity contribution in [3.8, 4) is 0 Å². The Balaban J connectivity index is 2.58. The third-order valence-electron chi connectivity index (χ3n) is 4.59. The van der Waals surface area contributed by atoms with Crippen molar-refractivity contribution in [3.63, 3.8) is 0 Å². The maximum absolute atomic E-state index is 12.6. The first-order chi connectivity index (χ1) is 9.30. The van der Waals surface area contributed by atoms with Gasteiger partial charge in [-0.25, -0.2) is 5.84 Å². The molecule has 0 saturated heterocycles. The maximum Gasteiger partial charge on any atom is 0.268 e. The van der Waals surface area contributed by atoms with E-state index in [2.05, 4.69) is 33.8 Å². The lowest BCUT2D eigenvalue weighted by Gasteiger charge is -2.46. The van der Waals surface area contributed by atoms with Gasteiger partial charge in [0.1, 0.15) is 0 Å². The lowest BCUT2D eigenvalue weighted by atomic mass is 9.69. The maximum atomic E-state index is 12.6. The number of nitrogens with two attached hydrogens (primary N) is 1. The van der Waals surface area contributed by atoms with Crippen molar-refractivity contribution in [1.82, 2.24) is 5.01 Å². The lowest BCUT2D eigenvalue weighted by Crippen LogP contribution is -2.58. The fourth-order valence-electron chi connectivity index (χ4n) is 3.68. The standard InChI is InChI=1S/C17H26N2O/c1-6-7-8-14-17(4,5)15-12(3)9-11(2)10-13(15)16(20)19(14)18/h9-10,14H,6-8,18H2,1-5H3/t14-/m1/s1. The topological polar surface area (TPSA) is 46.3 Å². The summed E-state index contributed by atoms with van der Waals surface area (Å²) in [7, 11) is 0. The molecule has 0 fully saturated rings. The molecule has 1 aliphatic rings. The van der Waals surface area contributed by atoms with Crippen LogP contribution in [0.3, 0.4) is 0 Å². The van der Waals surface area contributed by atoms with Gasteiger partial charge in [0.05, 0.1) is 6.04 Å². The molecule has 0 spiro atoms. The van der Waals surface area contributed by atoms with Gasteiger partial charge < -0.3 is 0 Å². The third kappa shape index (κ3) is 2.24. The molecule has 1 aliphatic heterocycles. The molecule has 3 nitrogen and oxygen atoms in total. The van der Waals surface area contributed by atoms with Crippen LogP contribution in [0.5, 0.6) is 0 Å². The summed E-state index contributed by atoms with van der Waals surface area (Å²) in [5, 5.41) is 1.47. The third-order valence-corrected chi connectivity index (χ3v) is 4.59. The number of nitrogens with zero attached hydrogens (tertiary/aromatic N) is 1.